The summed E-state index contributed by atoms with van der Waals surface area (Å²) in [5.41, 5.74) is 5.88. The van der Waals surface area contributed by atoms with Crippen LogP contribution in [0.2, 0.25) is 0 Å². The average molecular weight is 242 g/mol. The largest absolute Gasteiger partial charge is 0.397 e. The van der Waals surface area contributed by atoms with Crippen LogP contribution < -0.4 is 11.1 Å². The van der Waals surface area contributed by atoms with Crippen molar-refractivity contribution in [1.29, 1.82) is 0 Å². The molecule has 1 aromatic rings. The number of nitrogen functional groups attached to an aromatic ring is 1. The molecule has 0 saturated carbocycles. The van der Waals surface area contributed by atoms with Crippen molar-refractivity contribution in [2.45, 2.75) is 27.7 Å². The molecule has 0 aromatic heterocycles. The molecule has 0 aliphatic carbocycles. The molecule has 3 N–H and O–H groups in total. The molecular weight excluding hydrogens is 222 g/mol. The predicted molar refractivity (Wildman–Crippen MR) is 67.9 cm³/mol. The maximum absolute atomic E-state index is 13.5. The van der Waals surface area contributed by atoms with Crippen molar-refractivity contribution in [3.05, 3.63) is 23.8 Å². The lowest BCUT2D eigenvalue weighted by atomic mass is 9.81. The van der Waals surface area contributed by atoms with Crippen LogP contribution in [0, 0.1) is 23.0 Å². The van der Waals surface area contributed by atoms with Gasteiger partial charge in [0.15, 0.2) is 11.6 Å². The van der Waals surface area contributed by atoms with Crippen LogP contribution in [0.4, 0.5) is 20.2 Å². The van der Waals surface area contributed by atoms with Crippen molar-refractivity contribution in [2.75, 3.05) is 17.6 Å². The molecule has 1 rings (SSSR count). The van der Waals surface area contributed by atoms with Crippen molar-refractivity contribution in [3.63, 3.8) is 0 Å². The molecule has 0 heterocycles. The second-order valence-corrected chi connectivity index (χ2v) is 5.32. The molecule has 4 heteroatoms. The molecule has 0 saturated heterocycles. The van der Waals surface area contributed by atoms with Gasteiger partial charge in [-0.05, 0) is 23.5 Å². The Hall–Kier alpha value is -1.32. The first-order valence-electron chi connectivity index (χ1n) is 5.73. The Morgan fingerprint density at radius 3 is 2.41 bits per heavy atom. The molecule has 0 aliphatic rings. The second-order valence-electron chi connectivity index (χ2n) is 5.32. The van der Waals surface area contributed by atoms with E-state index in [4.69, 9.17) is 5.73 Å². The van der Waals surface area contributed by atoms with Gasteiger partial charge in [-0.2, -0.15) is 0 Å². The van der Waals surface area contributed by atoms with E-state index in [0.717, 1.165) is 6.07 Å². The van der Waals surface area contributed by atoms with Crippen LogP contribution in [0.5, 0.6) is 0 Å². The van der Waals surface area contributed by atoms with E-state index in [1.54, 1.807) is 0 Å². The Bertz CT molecular complexity index is 401. The van der Waals surface area contributed by atoms with E-state index in [2.05, 4.69) is 33.0 Å². The summed E-state index contributed by atoms with van der Waals surface area (Å²) in [7, 11) is 0. The van der Waals surface area contributed by atoms with Gasteiger partial charge in [0.2, 0.25) is 0 Å². The smallest absolute Gasteiger partial charge is 0.183 e. The van der Waals surface area contributed by atoms with Gasteiger partial charge in [-0.25, -0.2) is 8.78 Å². The molecule has 1 aromatic carbocycles. The van der Waals surface area contributed by atoms with Gasteiger partial charge in [-0.1, -0.05) is 27.7 Å². The van der Waals surface area contributed by atoms with Gasteiger partial charge in [0.25, 0.3) is 0 Å². The minimum atomic E-state index is -0.912. The van der Waals surface area contributed by atoms with Crippen LogP contribution in [-0.2, 0) is 0 Å². The van der Waals surface area contributed by atoms with Crippen molar-refractivity contribution < 1.29 is 8.78 Å². The summed E-state index contributed by atoms with van der Waals surface area (Å²) in [4.78, 5) is 0. The van der Waals surface area contributed by atoms with E-state index in [1.165, 1.54) is 6.07 Å². The van der Waals surface area contributed by atoms with Crippen LogP contribution >= 0.6 is 0 Å². The zero-order valence-corrected chi connectivity index (χ0v) is 10.8. The van der Waals surface area contributed by atoms with E-state index in [9.17, 15) is 8.78 Å². The lowest BCUT2D eigenvalue weighted by Gasteiger charge is -2.30. The minimum absolute atomic E-state index is 0.0226. The molecule has 0 spiro atoms. The Labute approximate surface area is 101 Å². The van der Waals surface area contributed by atoms with Gasteiger partial charge in [0.05, 0.1) is 11.4 Å². The molecule has 0 bridgehead atoms. The van der Waals surface area contributed by atoms with Crippen molar-refractivity contribution >= 4 is 11.4 Å². The molecule has 0 fully saturated rings. The number of nitrogens with one attached hydrogen (secondary N) is 1. The molecule has 0 radical (unpaired) electrons. The summed E-state index contributed by atoms with van der Waals surface area (Å²) >= 11 is 0. The Morgan fingerprint density at radius 1 is 1.29 bits per heavy atom. The first-order chi connectivity index (χ1) is 7.75. The van der Waals surface area contributed by atoms with Crippen molar-refractivity contribution in [1.82, 2.24) is 0 Å². The molecular formula is C13H20F2N2. The predicted octanol–water partition coefficient (Wildman–Crippen LogP) is 3.64. The van der Waals surface area contributed by atoms with Gasteiger partial charge in [0.1, 0.15) is 0 Å². The quantitative estimate of drug-likeness (QED) is 0.791. The molecule has 2 nitrogen and oxygen atoms in total. The third-order valence-electron chi connectivity index (χ3n) is 3.41. The molecule has 0 amide bonds. The van der Waals surface area contributed by atoms with Gasteiger partial charge < -0.3 is 11.1 Å². The second kappa shape index (κ2) is 4.90. The van der Waals surface area contributed by atoms with Gasteiger partial charge in [0, 0.05) is 6.54 Å². The van der Waals surface area contributed by atoms with Gasteiger partial charge >= 0.3 is 0 Å². The van der Waals surface area contributed by atoms with Crippen LogP contribution in [0.15, 0.2) is 12.1 Å². The summed E-state index contributed by atoms with van der Waals surface area (Å²) in [5, 5.41) is 2.90. The summed E-state index contributed by atoms with van der Waals surface area (Å²) < 4.78 is 26.6. The molecule has 96 valence electrons. The van der Waals surface area contributed by atoms with E-state index in [1.807, 2.05) is 0 Å². The van der Waals surface area contributed by atoms with Crippen molar-refractivity contribution in [2.24, 2.45) is 11.3 Å². The Kier molecular flexibility index (Phi) is 3.96. The summed E-state index contributed by atoms with van der Waals surface area (Å²) in [5.74, 6) is -1.37. The number of hydrogen-bond donors (Lipinski definition) is 2. The topological polar surface area (TPSA) is 38.0 Å². The lowest BCUT2D eigenvalue weighted by Crippen LogP contribution is -2.29. The van der Waals surface area contributed by atoms with Crippen LogP contribution in [0.25, 0.3) is 0 Å². The first-order valence-corrected chi connectivity index (χ1v) is 5.73. The normalized spacial score (nSPS) is 11.9. The molecule has 0 atom stereocenters. The highest BCUT2D eigenvalue weighted by atomic mass is 19.2. The number of rotatable bonds is 4. The van der Waals surface area contributed by atoms with Crippen molar-refractivity contribution in [3.8, 4) is 0 Å². The third kappa shape index (κ3) is 3.08. The number of hydrogen-bond acceptors (Lipinski definition) is 2. The summed E-state index contributed by atoms with van der Waals surface area (Å²) in [6, 6.07) is 2.40. The van der Waals surface area contributed by atoms with Crippen LogP contribution in [-0.4, -0.2) is 6.54 Å². The highest BCUT2D eigenvalue weighted by Gasteiger charge is 2.23. The molecule has 0 unspecified atom stereocenters. The van der Waals surface area contributed by atoms with Crippen LogP contribution in [0.3, 0.4) is 0 Å². The number of nitrogens with two attached hydrogens (primary N) is 1. The zero-order valence-electron chi connectivity index (χ0n) is 10.8. The number of halogens is 2. The Morgan fingerprint density at radius 2 is 1.88 bits per heavy atom. The van der Waals surface area contributed by atoms with E-state index >= 15 is 0 Å². The molecule has 0 aliphatic heterocycles. The number of anilines is 2. The lowest BCUT2D eigenvalue weighted by molar-refractivity contribution is 0.269. The minimum Gasteiger partial charge on any atom is -0.397 e. The third-order valence-corrected chi connectivity index (χ3v) is 3.41. The fraction of sp³-hybridized carbons (Fsp3) is 0.538. The highest BCUT2D eigenvalue weighted by Crippen LogP contribution is 2.29. The standard InChI is InChI=1S/C13H20F2N2/c1-8(2)13(3,4)7-17-12-10(16)6-5-9(14)11(12)15/h5-6,8,17H,7,16H2,1-4H3. The first kappa shape index (κ1) is 13.7. The van der Waals surface area contributed by atoms with E-state index < -0.39 is 11.6 Å². The summed E-state index contributed by atoms with van der Waals surface area (Å²) in [6.45, 7) is 8.85. The fourth-order valence-electron chi connectivity index (χ4n) is 1.27. The van der Waals surface area contributed by atoms with Gasteiger partial charge in [-0.3, -0.25) is 0 Å². The van der Waals surface area contributed by atoms with Gasteiger partial charge in [-0.15, -0.1) is 0 Å². The maximum atomic E-state index is 13.5. The Balaban J connectivity index is 2.87. The summed E-state index contributed by atoms with van der Waals surface area (Å²) in [6.07, 6.45) is 0. The molecule has 17 heavy (non-hydrogen) atoms. The average Bonchev–Trinajstić information content (AvgIpc) is 2.23. The fourth-order valence-corrected chi connectivity index (χ4v) is 1.27. The monoisotopic (exact) mass is 242 g/mol. The highest BCUT2D eigenvalue weighted by molar-refractivity contribution is 5.66. The SMILES string of the molecule is CC(C)C(C)(C)CNc1c(N)ccc(F)c1F. The maximum Gasteiger partial charge on any atom is 0.183 e. The van der Waals surface area contributed by atoms with E-state index in [0.29, 0.717) is 12.5 Å². The van der Waals surface area contributed by atoms with E-state index in [-0.39, 0.29) is 16.8 Å². The van der Waals surface area contributed by atoms with Crippen LogP contribution in [0.1, 0.15) is 27.7 Å². The number of benzene rings is 1. The zero-order chi connectivity index (χ0) is 13.2.